The normalized spacial score (nSPS) is 18.1. The Kier molecular flexibility index (Phi) is 7.04. The van der Waals surface area contributed by atoms with Crippen molar-refractivity contribution < 1.29 is 23.8 Å². The van der Waals surface area contributed by atoms with E-state index in [4.69, 9.17) is 19.9 Å². The van der Waals surface area contributed by atoms with Crippen LogP contribution in [0.15, 0.2) is 48.5 Å². The van der Waals surface area contributed by atoms with E-state index in [0.29, 0.717) is 35.8 Å². The molecule has 0 radical (unpaired) electrons. The first-order valence-corrected chi connectivity index (χ1v) is 9.41. The molecule has 2 aromatic carbocycles. The third-order valence-corrected chi connectivity index (χ3v) is 4.50. The maximum absolute atomic E-state index is 12.3. The van der Waals surface area contributed by atoms with Crippen molar-refractivity contribution in [1.29, 1.82) is 0 Å². The van der Waals surface area contributed by atoms with E-state index in [2.05, 4.69) is 10.6 Å². The minimum atomic E-state index is -0.504. The van der Waals surface area contributed by atoms with Gasteiger partial charge in [-0.25, -0.2) is 0 Å². The van der Waals surface area contributed by atoms with E-state index in [1.54, 1.807) is 42.5 Å². The Morgan fingerprint density at radius 3 is 2.48 bits per heavy atom. The standard InChI is InChI=1S/C21H25N3O5/c1-27-17-7-2-3-8-18(17)28-13-20(25)23-14-5-4-6-15(11-14)24-21(26)19-10-9-16(12-22)29-19/h2-8,11,16,19H,9-10,12-13,22H2,1H3,(H,23,25)(H,24,26)/t16-,19+/m1/s1. The van der Waals surface area contributed by atoms with Crippen LogP contribution in [0.4, 0.5) is 11.4 Å². The Hall–Kier alpha value is -3.10. The number of benzene rings is 2. The maximum Gasteiger partial charge on any atom is 0.262 e. The Morgan fingerprint density at radius 1 is 1.07 bits per heavy atom. The fourth-order valence-corrected chi connectivity index (χ4v) is 3.05. The van der Waals surface area contributed by atoms with Gasteiger partial charge in [-0.05, 0) is 43.2 Å². The van der Waals surface area contributed by atoms with E-state index in [0.717, 1.165) is 6.42 Å². The first-order chi connectivity index (χ1) is 14.1. The Morgan fingerprint density at radius 2 is 1.79 bits per heavy atom. The second-order valence-electron chi connectivity index (χ2n) is 6.62. The first-order valence-electron chi connectivity index (χ1n) is 9.41. The van der Waals surface area contributed by atoms with Crippen molar-refractivity contribution in [3.63, 3.8) is 0 Å². The third-order valence-electron chi connectivity index (χ3n) is 4.50. The van der Waals surface area contributed by atoms with Gasteiger partial charge in [0, 0.05) is 17.9 Å². The highest BCUT2D eigenvalue weighted by atomic mass is 16.5. The average Bonchev–Trinajstić information content (AvgIpc) is 3.22. The number of hydrogen-bond acceptors (Lipinski definition) is 6. The van der Waals surface area contributed by atoms with Crippen LogP contribution in [0.5, 0.6) is 11.5 Å². The van der Waals surface area contributed by atoms with Gasteiger partial charge in [-0.3, -0.25) is 9.59 Å². The molecule has 0 aliphatic carbocycles. The fourth-order valence-electron chi connectivity index (χ4n) is 3.05. The van der Waals surface area contributed by atoms with Crippen molar-refractivity contribution >= 4 is 23.2 Å². The minimum Gasteiger partial charge on any atom is -0.493 e. The molecule has 1 heterocycles. The van der Waals surface area contributed by atoms with E-state index in [-0.39, 0.29) is 24.5 Å². The van der Waals surface area contributed by atoms with Gasteiger partial charge in [0.2, 0.25) is 0 Å². The zero-order valence-electron chi connectivity index (χ0n) is 16.2. The summed E-state index contributed by atoms with van der Waals surface area (Å²) in [5.74, 6) is 0.489. The fraction of sp³-hybridized carbons (Fsp3) is 0.333. The number of nitrogens with one attached hydrogen (secondary N) is 2. The van der Waals surface area contributed by atoms with E-state index in [9.17, 15) is 9.59 Å². The molecule has 4 N–H and O–H groups in total. The van der Waals surface area contributed by atoms with Crippen LogP contribution in [0.2, 0.25) is 0 Å². The molecule has 0 aromatic heterocycles. The van der Waals surface area contributed by atoms with Crippen LogP contribution in [0.1, 0.15) is 12.8 Å². The Labute approximate surface area is 169 Å². The molecule has 154 valence electrons. The van der Waals surface area contributed by atoms with Gasteiger partial charge in [-0.1, -0.05) is 18.2 Å². The third kappa shape index (κ3) is 5.69. The van der Waals surface area contributed by atoms with Gasteiger partial charge in [0.05, 0.1) is 13.2 Å². The maximum atomic E-state index is 12.3. The zero-order valence-corrected chi connectivity index (χ0v) is 16.2. The topological polar surface area (TPSA) is 112 Å². The molecule has 2 amide bonds. The van der Waals surface area contributed by atoms with Gasteiger partial charge < -0.3 is 30.6 Å². The summed E-state index contributed by atoms with van der Waals surface area (Å²) in [6.07, 6.45) is 0.844. The van der Waals surface area contributed by atoms with Crippen LogP contribution in [-0.4, -0.2) is 44.3 Å². The highest BCUT2D eigenvalue weighted by Gasteiger charge is 2.29. The van der Waals surface area contributed by atoms with Crippen molar-refractivity contribution in [2.75, 3.05) is 30.9 Å². The number of hydrogen-bond donors (Lipinski definition) is 3. The zero-order chi connectivity index (χ0) is 20.6. The first kappa shape index (κ1) is 20.6. The number of para-hydroxylation sites is 2. The van der Waals surface area contributed by atoms with Crippen molar-refractivity contribution in [1.82, 2.24) is 0 Å². The van der Waals surface area contributed by atoms with E-state index < -0.39 is 6.10 Å². The highest BCUT2D eigenvalue weighted by molar-refractivity contribution is 5.96. The summed E-state index contributed by atoms with van der Waals surface area (Å²) in [7, 11) is 1.54. The summed E-state index contributed by atoms with van der Waals surface area (Å²) >= 11 is 0. The molecule has 8 heteroatoms. The molecule has 0 unspecified atom stereocenters. The van der Waals surface area contributed by atoms with Crippen LogP contribution >= 0.6 is 0 Å². The number of carbonyl (C=O) groups is 2. The highest BCUT2D eigenvalue weighted by Crippen LogP contribution is 2.26. The molecule has 2 atom stereocenters. The van der Waals surface area contributed by atoms with E-state index in [1.165, 1.54) is 7.11 Å². The molecule has 29 heavy (non-hydrogen) atoms. The molecule has 0 bridgehead atoms. The second kappa shape index (κ2) is 9.90. The quantitative estimate of drug-likeness (QED) is 0.627. The average molecular weight is 399 g/mol. The van der Waals surface area contributed by atoms with Gasteiger partial charge in [-0.15, -0.1) is 0 Å². The van der Waals surface area contributed by atoms with Gasteiger partial charge in [-0.2, -0.15) is 0 Å². The number of nitrogens with two attached hydrogens (primary N) is 1. The van der Waals surface area contributed by atoms with Crippen molar-refractivity contribution in [3.8, 4) is 11.5 Å². The number of anilines is 2. The summed E-state index contributed by atoms with van der Waals surface area (Å²) in [5, 5.41) is 5.56. The minimum absolute atomic E-state index is 0.0698. The van der Waals surface area contributed by atoms with Gasteiger partial charge in [0.25, 0.3) is 11.8 Å². The number of methoxy groups -OCH3 is 1. The largest absolute Gasteiger partial charge is 0.493 e. The van der Waals surface area contributed by atoms with Gasteiger partial charge in [0.1, 0.15) is 6.10 Å². The molecule has 1 aliphatic heterocycles. The monoisotopic (exact) mass is 399 g/mol. The van der Waals surface area contributed by atoms with Gasteiger partial charge >= 0.3 is 0 Å². The number of rotatable bonds is 8. The number of carbonyl (C=O) groups excluding carboxylic acids is 2. The van der Waals surface area contributed by atoms with Crippen molar-refractivity contribution in [2.24, 2.45) is 5.73 Å². The summed E-state index contributed by atoms with van der Waals surface area (Å²) in [6, 6.07) is 14.0. The van der Waals surface area contributed by atoms with Crippen LogP contribution in [0, 0.1) is 0 Å². The molecule has 8 nitrogen and oxygen atoms in total. The molecule has 0 saturated carbocycles. The molecular formula is C21H25N3O5. The van der Waals surface area contributed by atoms with E-state index in [1.807, 2.05) is 6.07 Å². The van der Waals surface area contributed by atoms with Crippen LogP contribution in [-0.2, 0) is 14.3 Å². The van der Waals surface area contributed by atoms with Crippen LogP contribution < -0.4 is 25.8 Å². The SMILES string of the molecule is COc1ccccc1OCC(=O)Nc1cccc(NC(=O)[C@@H]2CC[C@H](CN)O2)c1. The lowest BCUT2D eigenvalue weighted by atomic mass is 10.2. The molecule has 1 fully saturated rings. The molecule has 1 saturated heterocycles. The van der Waals surface area contributed by atoms with Crippen LogP contribution in [0.25, 0.3) is 0 Å². The summed E-state index contributed by atoms with van der Waals surface area (Å²) < 4.78 is 16.3. The smallest absolute Gasteiger partial charge is 0.262 e. The van der Waals surface area contributed by atoms with Crippen LogP contribution in [0.3, 0.4) is 0 Å². The van der Waals surface area contributed by atoms with E-state index >= 15 is 0 Å². The predicted octanol–water partition coefficient (Wildman–Crippen LogP) is 2.16. The molecule has 2 aromatic rings. The van der Waals surface area contributed by atoms with Gasteiger partial charge in [0.15, 0.2) is 18.1 Å². The Balaban J connectivity index is 1.52. The van der Waals surface area contributed by atoms with Crippen molar-refractivity contribution in [2.45, 2.75) is 25.0 Å². The molecule has 1 aliphatic rings. The Bertz CT molecular complexity index is 858. The van der Waals surface area contributed by atoms with Crippen molar-refractivity contribution in [3.05, 3.63) is 48.5 Å². The number of ether oxygens (including phenoxy) is 3. The predicted molar refractivity (Wildman–Crippen MR) is 109 cm³/mol. The number of amides is 2. The lowest BCUT2D eigenvalue weighted by Gasteiger charge is -2.14. The molecular weight excluding hydrogens is 374 g/mol. The molecule has 0 spiro atoms. The summed E-state index contributed by atoms with van der Waals surface area (Å²) in [4.78, 5) is 24.5. The summed E-state index contributed by atoms with van der Waals surface area (Å²) in [5.41, 5.74) is 6.69. The second-order valence-corrected chi connectivity index (χ2v) is 6.62. The lowest BCUT2D eigenvalue weighted by molar-refractivity contribution is -0.126. The molecule has 3 rings (SSSR count). The lowest BCUT2D eigenvalue weighted by Crippen LogP contribution is -2.29. The summed E-state index contributed by atoms with van der Waals surface area (Å²) in [6.45, 7) is 0.232.